The Morgan fingerprint density at radius 3 is 2.38 bits per heavy atom. The first kappa shape index (κ1) is 15.6. The summed E-state index contributed by atoms with van der Waals surface area (Å²) in [5.41, 5.74) is 0.891. The number of nitrogens with zero attached hydrogens (tertiary/aromatic N) is 3. The van der Waals surface area contributed by atoms with Gasteiger partial charge in [-0.05, 0) is 17.0 Å². The molecule has 1 heterocycles. The number of hydrogen-bond acceptors (Lipinski definition) is 5. The summed E-state index contributed by atoms with van der Waals surface area (Å²) in [4.78, 5) is 36.1. The molecule has 0 atom stereocenters. The molecule has 0 saturated carbocycles. The Bertz CT molecular complexity index is 1110. The van der Waals surface area contributed by atoms with Crippen molar-refractivity contribution in [3.8, 4) is 0 Å². The van der Waals surface area contributed by atoms with Crippen LogP contribution in [0.2, 0.25) is 0 Å². The minimum atomic E-state index is -0.686. The molecule has 0 aliphatic carbocycles. The van der Waals surface area contributed by atoms with E-state index in [2.05, 4.69) is 5.10 Å². The van der Waals surface area contributed by atoms with Gasteiger partial charge >= 0.3 is 0 Å². The molecule has 0 unspecified atom stereocenters. The molecule has 3 aromatic rings. The van der Waals surface area contributed by atoms with E-state index in [9.17, 15) is 19.7 Å². The van der Waals surface area contributed by atoms with Crippen LogP contribution < -0.4 is 0 Å². The minimum Gasteiger partial charge on any atom is -0.267 e. The van der Waals surface area contributed by atoms with Crippen molar-refractivity contribution in [2.75, 3.05) is 0 Å². The fraction of sp³-hybridized carbons (Fsp3) is 0. The maximum absolute atomic E-state index is 12.8. The van der Waals surface area contributed by atoms with E-state index in [4.69, 9.17) is 0 Å². The molecule has 0 N–H and O–H groups in total. The lowest BCUT2D eigenvalue weighted by molar-refractivity contribution is -0.384. The number of nitro groups is 1. The predicted molar refractivity (Wildman–Crippen MR) is 95.1 cm³/mol. The Labute approximate surface area is 147 Å². The van der Waals surface area contributed by atoms with Crippen LogP contribution in [-0.2, 0) is 0 Å². The summed E-state index contributed by atoms with van der Waals surface area (Å²) < 4.78 is 0. The lowest BCUT2D eigenvalue weighted by Gasteiger charge is -2.22. The lowest BCUT2D eigenvalue weighted by atomic mass is 9.94. The SMILES string of the molecule is O=C1c2cccc3cc([N+](=O)[O-])cc(c23)C(=O)N1/N=C/c1ccccc1. The summed E-state index contributed by atoms with van der Waals surface area (Å²) in [5, 5.41) is 16.8. The standard InChI is InChI=1S/C19H11N3O4/c23-18-15-8-4-7-13-9-14(22(25)26)10-16(17(13)15)19(24)21(18)20-11-12-5-2-1-3-6-12/h1-11H/b20-11+. The summed E-state index contributed by atoms with van der Waals surface area (Å²) in [6, 6.07) is 16.4. The third-order valence-electron chi connectivity index (χ3n) is 4.14. The minimum absolute atomic E-state index is 0.0922. The van der Waals surface area contributed by atoms with Crippen molar-refractivity contribution in [3.63, 3.8) is 0 Å². The fourth-order valence-electron chi connectivity index (χ4n) is 2.95. The second-order valence-corrected chi connectivity index (χ2v) is 5.73. The monoisotopic (exact) mass is 345 g/mol. The molecule has 0 fully saturated rings. The Morgan fingerprint density at radius 1 is 0.923 bits per heavy atom. The number of non-ortho nitro benzene ring substituents is 1. The highest BCUT2D eigenvalue weighted by molar-refractivity contribution is 6.25. The number of amides is 2. The van der Waals surface area contributed by atoms with Gasteiger partial charge < -0.3 is 0 Å². The molecule has 7 nitrogen and oxygen atoms in total. The van der Waals surface area contributed by atoms with Crippen LogP contribution >= 0.6 is 0 Å². The molecule has 2 amide bonds. The molecule has 1 aliphatic rings. The fourth-order valence-corrected chi connectivity index (χ4v) is 2.95. The quantitative estimate of drug-likeness (QED) is 0.315. The van der Waals surface area contributed by atoms with Crippen LogP contribution in [0.1, 0.15) is 26.3 Å². The lowest BCUT2D eigenvalue weighted by Crippen LogP contribution is -2.36. The average molecular weight is 345 g/mol. The number of carbonyl (C=O) groups is 2. The summed E-state index contributed by atoms with van der Waals surface area (Å²) in [6.45, 7) is 0. The molecular weight excluding hydrogens is 334 g/mol. The summed E-state index contributed by atoms with van der Waals surface area (Å²) in [7, 11) is 0. The van der Waals surface area contributed by atoms with Gasteiger partial charge in [0, 0.05) is 17.5 Å². The highest BCUT2D eigenvalue weighted by atomic mass is 16.6. The van der Waals surface area contributed by atoms with Crippen molar-refractivity contribution >= 4 is 34.5 Å². The second-order valence-electron chi connectivity index (χ2n) is 5.73. The molecule has 1 aliphatic heterocycles. The Hall–Kier alpha value is -3.87. The molecule has 26 heavy (non-hydrogen) atoms. The van der Waals surface area contributed by atoms with Crippen molar-refractivity contribution in [2.24, 2.45) is 5.10 Å². The van der Waals surface area contributed by atoms with Gasteiger partial charge in [0.15, 0.2) is 0 Å². The molecule has 0 radical (unpaired) electrons. The largest absolute Gasteiger partial charge is 0.282 e. The van der Waals surface area contributed by atoms with E-state index >= 15 is 0 Å². The van der Waals surface area contributed by atoms with Gasteiger partial charge in [0.25, 0.3) is 17.5 Å². The second kappa shape index (κ2) is 5.89. The summed E-state index contributed by atoms with van der Waals surface area (Å²) >= 11 is 0. The van der Waals surface area contributed by atoms with Crippen LogP contribution in [-0.4, -0.2) is 28.0 Å². The number of benzene rings is 3. The molecule has 7 heteroatoms. The third kappa shape index (κ3) is 2.42. The molecule has 0 saturated heterocycles. The Kier molecular flexibility index (Phi) is 3.54. The molecule has 0 spiro atoms. The number of carbonyl (C=O) groups excluding carboxylic acids is 2. The number of imide groups is 1. The first-order valence-corrected chi connectivity index (χ1v) is 7.75. The zero-order valence-electron chi connectivity index (χ0n) is 13.3. The van der Waals surface area contributed by atoms with Crippen LogP contribution in [0.15, 0.2) is 65.8 Å². The molecule has 3 aromatic carbocycles. The van der Waals surface area contributed by atoms with Gasteiger partial charge in [-0.2, -0.15) is 10.1 Å². The van der Waals surface area contributed by atoms with E-state index in [0.29, 0.717) is 10.8 Å². The Morgan fingerprint density at radius 2 is 1.65 bits per heavy atom. The molecule has 126 valence electrons. The smallest absolute Gasteiger partial charge is 0.267 e. The summed E-state index contributed by atoms with van der Waals surface area (Å²) in [6.07, 6.45) is 1.40. The van der Waals surface area contributed by atoms with Gasteiger partial charge in [-0.25, -0.2) is 0 Å². The summed E-state index contributed by atoms with van der Waals surface area (Å²) in [5.74, 6) is -1.25. The van der Waals surface area contributed by atoms with E-state index in [-0.39, 0.29) is 16.8 Å². The van der Waals surface area contributed by atoms with Crippen LogP contribution in [0, 0.1) is 10.1 Å². The number of hydrazone groups is 1. The van der Waals surface area contributed by atoms with Gasteiger partial charge in [-0.15, -0.1) is 0 Å². The van der Waals surface area contributed by atoms with Gasteiger partial charge in [0.2, 0.25) is 0 Å². The van der Waals surface area contributed by atoms with E-state index < -0.39 is 16.7 Å². The maximum atomic E-state index is 12.8. The van der Waals surface area contributed by atoms with E-state index in [1.807, 2.05) is 6.07 Å². The highest BCUT2D eigenvalue weighted by Crippen LogP contribution is 2.33. The Balaban J connectivity index is 1.86. The van der Waals surface area contributed by atoms with E-state index in [0.717, 1.165) is 10.6 Å². The normalized spacial score (nSPS) is 13.6. The van der Waals surface area contributed by atoms with Crippen molar-refractivity contribution in [1.82, 2.24) is 5.01 Å². The van der Waals surface area contributed by atoms with Crippen molar-refractivity contribution in [2.45, 2.75) is 0 Å². The van der Waals surface area contributed by atoms with Gasteiger partial charge in [0.05, 0.1) is 22.3 Å². The highest BCUT2D eigenvalue weighted by Gasteiger charge is 2.34. The van der Waals surface area contributed by atoms with Crippen molar-refractivity contribution in [3.05, 3.63) is 87.5 Å². The molecule has 4 rings (SSSR count). The number of hydrogen-bond donors (Lipinski definition) is 0. The zero-order chi connectivity index (χ0) is 18.3. The van der Waals surface area contributed by atoms with Crippen LogP contribution in [0.3, 0.4) is 0 Å². The molecule has 0 bridgehead atoms. The number of nitro benzene ring substituents is 1. The third-order valence-corrected chi connectivity index (χ3v) is 4.14. The van der Waals surface area contributed by atoms with E-state index in [1.165, 1.54) is 18.3 Å². The topological polar surface area (TPSA) is 92.9 Å². The van der Waals surface area contributed by atoms with Gasteiger partial charge in [-0.3, -0.25) is 19.7 Å². The average Bonchev–Trinajstić information content (AvgIpc) is 2.66. The predicted octanol–water partition coefficient (Wildman–Crippen LogP) is 3.38. The number of rotatable bonds is 3. The maximum Gasteiger partial charge on any atom is 0.282 e. The molecular formula is C19H11N3O4. The van der Waals surface area contributed by atoms with Crippen molar-refractivity contribution in [1.29, 1.82) is 0 Å². The zero-order valence-corrected chi connectivity index (χ0v) is 13.3. The van der Waals surface area contributed by atoms with Gasteiger partial charge in [-0.1, -0.05) is 42.5 Å². The first-order valence-electron chi connectivity index (χ1n) is 7.75. The molecule has 0 aromatic heterocycles. The van der Waals surface area contributed by atoms with Gasteiger partial charge in [0.1, 0.15) is 0 Å². The van der Waals surface area contributed by atoms with Crippen LogP contribution in [0.25, 0.3) is 10.8 Å². The van der Waals surface area contributed by atoms with Crippen molar-refractivity contribution < 1.29 is 14.5 Å². The first-order chi connectivity index (χ1) is 12.6. The van der Waals surface area contributed by atoms with Crippen LogP contribution in [0.5, 0.6) is 0 Å². The van der Waals surface area contributed by atoms with Crippen LogP contribution in [0.4, 0.5) is 5.69 Å². The van der Waals surface area contributed by atoms with E-state index in [1.54, 1.807) is 42.5 Å².